The molecule has 1 atom stereocenters. The van der Waals surface area contributed by atoms with Crippen molar-refractivity contribution in [2.45, 2.75) is 12.3 Å². The maximum atomic E-state index is 12.8. The normalized spacial score (nSPS) is 15.4. The Hall–Kier alpha value is -3.94. The van der Waals surface area contributed by atoms with Gasteiger partial charge in [-0.15, -0.1) is 0 Å². The average Bonchev–Trinajstić information content (AvgIpc) is 2.78. The van der Waals surface area contributed by atoms with E-state index < -0.39 is 0 Å². The number of anilines is 1. The lowest BCUT2D eigenvalue weighted by atomic mass is 9.95. The maximum Gasteiger partial charge on any atom is 0.258 e. The first kappa shape index (κ1) is 18.1. The minimum Gasteiger partial charge on any atom is -0.497 e. The molecule has 8 nitrogen and oxygen atoms in total. The van der Waals surface area contributed by atoms with Gasteiger partial charge in [0, 0.05) is 11.8 Å². The number of benzene rings is 2. The molecule has 1 aliphatic rings. The number of hydrogen-bond donors (Lipinski definition) is 2. The number of nitrogens with two attached hydrogens (primary N) is 1. The lowest BCUT2D eigenvalue weighted by Gasteiger charge is -2.25. The first-order valence-electron chi connectivity index (χ1n) is 9.53. The van der Waals surface area contributed by atoms with Crippen LogP contribution in [0.1, 0.15) is 17.3 Å². The van der Waals surface area contributed by atoms with Crippen molar-refractivity contribution in [1.82, 2.24) is 19.9 Å². The van der Waals surface area contributed by atoms with Crippen molar-refractivity contribution in [1.29, 1.82) is 0 Å². The predicted molar refractivity (Wildman–Crippen MR) is 113 cm³/mol. The van der Waals surface area contributed by atoms with E-state index >= 15 is 0 Å². The topological polar surface area (TPSA) is 116 Å². The summed E-state index contributed by atoms with van der Waals surface area (Å²) < 4.78 is 11.2. The number of hydrogen-bond acceptors (Lipinski definition) is 7. The van der Waals surface area contributed by atoms with Crippen LogP contribution in [0.5, 0.6) is 11.5 Å². The largest absolute Gasteiger partial charge is 0.497 e. The van der Waals surface area contributed by atoms with E-state index in [-0.39, 0.29) is 17.4 Å². The molecule has 0 aliphatic carbocycles. The van der Waals surface area contributed by atoms with Gasteiger partial charge in [-0.2, -0.15) is 0 Å². The van der Waals surface area contributed by atoms with Crippen LogP contribution in [0.25, 0.3) is 22.2 Å². The molecule has 150 valence electrons. The summed E-state index contributed by atoms with van der Waals surface area (Å²) in [5, 5.41) is 0.493. The van der Waals surface area contributed by atoms with Gasteiger partial charge < -0.3 is 20.2 Å². The second-order valence-corrected chi connectivity index (χ2v) is 7.17. The highest BCUT2D eigenvalue weighted by Gasteiger charge is 2.24. The van der Waals surface area contributed by atoms with Crippen LogP contribution in [0.2, 0.25) is 0 Å². The van der Waals surface area contributed by atoms with Crippen LogP contribution < -0.4 is 20.8 Å². The van der Waals surface area contributed by atoms with E-state index in [1.54, 1.807) is 25.4 Å². The lowest BCUT2D eigenvalue weighted by molar-refractivity contribution is 0.257. The Morgan fingerprint density at radius 3 is 2.90 bits per heavy atom. The molecular formula is C22H19N5O3. The van der Waals surface area contributed by atoms with Crippen LogP contribution in [0.4, 0.5) is 5.95 Å². The number of H-pyrrole nitrogens is 1. The van der Waals surface area contributed by atoms with Gasteiger partial charge in [-0.1, -0.05) is 6.07 Å². The highest BCUT2D eigenvalue weighted by atomic mass is 16.5. The van der Waals surface area contributed by atoms with Gasteiger partial charge in [0.1, 0.15) is 17.3 Å². The zero-order valence-corrected chi connectivity index (χ0v) is 16.3. The van der Waals surface area contributed by atoms with Crippen LogP contribution >= 0.6 is 0 Å². The van der Waals surface area contributed by atoms with Crippen molar-refractivity contribution >= 4 is 16.9 Å². The van der Waals surface area contributed by atoms with E-state index in [4.69, 9.17) is 20.2 Å². The summed E-state index contributed by atoms with van der Waals surface area (Å²) in [5.41, 5.74) is 8.55. The van der Waals surface area contributed by atoms with Gasteiger partial charge in [0.05, 0.1) is 36.2 Å². The molecule has 5 rings (SSSR count). The van der Waals surface area contributed by atoms with E-state index in [1.165, 1.54) is 0 Å². The van der Waals surface area contributed by atoms with E-state index in [0.717, 1.165) is 22.6 Å². The van der Waals surface area contributed by atoms with Gasteiger partial charge >= 0.3 is 0 Å². The number of methoxy groups -OCH3 is 1. The second-order valence-electron chi connectivity index (χ2n) is 7.17. The Balaban J connectivity index is 1.50. The van der Waals surface area contributed by atoms with E-state index in [0.29, 0.717) is 35.4 Å². The number of nitrogen functional groups attached to an aromatic ring is 1. The molecule has 0 bridgehead atoms. The quantitative estimate of drug-likeness (QED) is 0.542. The van der Waals surface area contributed by atoms with Gasteiger partial charge in [-0.05, 0) is 48.4 Å². The molecular weight excluding hydrogens is 382 g/mol. The van der Waals surface area contributed by atoms with Gasteiger partial charge in [0.2, 0.25) is 5.95 Å². The van der Waals surface area contributed by atoms with Crippen molar-refractivity contribution in [2.75, 3.05) is 19.5 Å². The van der Waals surface area contributed by atoms with E-state index in [1.807, 2.05) is 30.3 Å². The lowest BCUT2D eigenvalue weighted by Crippen LogP contribution is -2.24. The minimum atomic E-state index is -0.199. The number of fused-ring (bicyclic) bond motifs is 2. The molecule has 0 unspecified atom stereocenters. The molecule has 3 N–H and O–H groups in total. The molecule has 0 amide bonds. The Morgan fingerprint density at radius 1 is 1.17 bits per heavy atom. The number of aromatic amines is 1. The predicted octanol–water partition coefficient (Wildman–Crippen LogP) is 2.69. The molecule has 1 aliphatic heterocycles. The Kier molecular flexibility index (Phi) is 4.31. The molecule has 0 saturated carbocycles. The number of rotatable bonds is 3. The highest BCUT2D eigenvalue weighted by Crippen LogP contribution is 2.33. The first-order valence-corrected chi connectivity index (χ1v) is 9.53. The number of nitrogens with one attached hydrogen (secondary N) is 1. The zero-order chi connectivity index (χ0) is 20.7. The van der Waals surface area contributed by atoms with Crippen molar-refractivity contribution < 1.29 is 9.47 Å². The zero-order valence-electron chi connectivity index (χ0n) is 16.3. The van der Waals surface area contributed by atoms with E-state index in [2.05, 4.69) is 15.0 Å². The molecule has 0 fully saturated rings. The molecule has 0 saturated heterocycles. The monoisotopic (exact) mass is 401 g/mol. The third-order valence-corrected chi connectivity index (χ3v) is 5.25. The molecule has 8 heteroatoms. The van der Waals surface area contributed by atoms with Crippen LogP contribution in [-0.4, -0.2) is 33.7 Å². The SMILES string of the molecule is COc1ccc2c(c1)C[C@@H](c1nc3ccc(-c4ccnc(N)n4)cc3c(=O)[nH]1)CO2. The summed E-state index contributed by atoms with van der Waals surface area (Å²) in [4.78, 5) is 28.6. The van der Waals surface area contributed by atoms with Crippen molar-refractivity contribution in [2.24, 2.45) is 0 Å². The average molecular weight is 401 g/mol. The van der Waals surface area contributed by atoms with Crippen LogP contribution in [0.3, 0.4) is 0 Å². The molecule has 4 aromatic rings. The maximum absolute atomic E-state index is 12.8. The molecule has 30 heavy (non-hydrogen) atoms. The molecule has 0 spiro atoms. The summed E-state index contributed by atoms with van der Waals surface area (Å²) >= 11 is 0. The minimum absolute atomic E-state index is 0.0527. The Bertz CT molecular complexity index is 1320. The fraction of sp³-hybridized carbons (Fsp3) is 0.182. The number of aromatic nitrogens is 4. The second kappa shape index (κ2) is 7.14. The highest BCUT2D eigenvalue weighted by molar-refractivity contribution is 5.83. The Labute approximate surface area is 171 Å². The number of ether oxygens (including phenoxy) is 2. The Morgan fingerprint density at radius 2 is 2.07 bits per heavy atom. The summed E-state index contributed by atoms with van der Waals surface area (Å²) in [7, 11) is 1.63. The summed E-state index contributed by atoms with van der Waals surface area (Å²) in [6.45, 7) is 0.450. The van der Waals surface area contributed by atoms with Crippen LogP contribution in [-0.2, 0) is 6.42 Å². The van der Waals surface area contributed by atoms with Crippen LogP contribution in [0.15, 0.2) is 53.5 Å². The van der Waals surface area contributed by atoms with Gasteiger partial charge in [-0.3, -0.25) is 4.79 Å². The van der Waals surface area contributed by atoms with E-state index in [9.17, 15) is 4.79 Å². The van der Waals surface area contributed by atoms with Gasteiger partial charge in [0.15, 0.2) is 0 Å². The van der Waals surface area contributed by atoms with Crippen molar-refractivity contribution in [3.05, 3.63) is 70.4 Å². The van der Waals surface area contributed by atoms with Crippen molar-refractivity contribution in [3.63, 3.8) is 0 Å². The summed E-state index contributed by atoms with van der Waals surface area (Å²) in [5.74, 6) is 2.35. The smallest absolute Gasteiger partial charge is 0.258 e. The fourth-order valence-electron chi connectivity index (χ4n) is 3.72. The van der Waals surface area contributed by atoms with Gasteiger partial charge in [0.25, 0.3) is 5.56 Å². The van der Waals surface area contributed by atoms with Crippen molar-refractivity contribution in [3.8, 4) is 22.8 Å². The third kappa shape index (κ3) is 3.22. The molecule has 0 radical (unpaired) electrons. The van der Waals surface area contributed by atoms with Gasteiger partial charge in [-0.25, -0.2) is 15.0 Å². The summed E-state index contributed by atoms with van der Waals surface area (Å²) in [6, 6.07) is 12.9. The summed E-state index contributed by atoms with van der Waals surface area (Å²) in [6.07, 6.45) is 2.29. The number of nitrogens with zero attached hydrogens (tertiary/aromatic N) is 3. The first-order chi connectivity index (χ1) is 14.6. The molecule has 2 aromatic carbocycles. The molecule has 3 heterocycles. The molecule has 2 aromatic heterocycles. The third-order valence-electron chi connectivity index (χ3n) is 5.25. The standard InChI is InChI=1S/C22H19N5O3/c1-29-15-3-5-19-13(9-15)8-14(11-30-19)20-25-18-4-2-12(10-16(18)21(28)27-20)17-6-7-24-22(23)26-17/h2-7,9-10,14H,8,11H2,1H3,(H2,23,24,26)(H,25,27,28)/t14-/m1/s1. The fourth-order valence-corrected chi connectivity index (χ4v) is 3.72. The van der Waals surface area contributed by atoms with Crippen LogP contribution in [0, 0.1) is 0 Å².